The molecule has 1 aromatic carbocycles. The molecule has 0 atom stereocenters. The molecule has 1 aliphatic heterocycles. The number of alkyl halides is 5. The van der Waals surface area contributed by atoms with E-state index in [1.165, 1.54) is 52.9 Å². The van der Waals surface area contributed by atoms with Crippen molar-refractivity contribution in [2.45, 2.75) is 30.0 Å². The summed E-state index contributed by atoms with van der Waals surface area (Å²) in [4.78, 5) is 5.83. The normalized spacial score (nSPS) is 15.2. The number of imidazole rings is 1. The first-order chi connectivity index (χ1) is 19.7. The highest BCUT2D eigenvalue weighted by Gasteiger charge is 2.44. The van der Waals surface area contributed by atoms with E-state index in [0.717, 1.165) is 6.26 Å². The summed E-state index contributed by atoms with van der Waals surface area (Å²) in [5.74, 6) is 2.39. The number of H-pyrrole nitrogens is 1. The van der Waals surface area contributed by atoms with Crippen LogP contribution in [0.3, 0.4) is 0 Å². The van der Waals surface area contributed by atoms with Crippen LogP contribution in [0.15, 0.2) is 41.4 Å². The molecule has 15 heteroatoms. The molecular formula is C27H25F5N6O3S. The third kappa shape index (κ3) is 5.77. The van der Waals surface area contributed by atoms with Gasteiger partial charge in [-0.3, -0.25) is 10.00 Å². The Bertz CT molecular complexity index is 1840. The molecule has 4 heterocycles. The molecule has 3 aromatic heterocycles. The lowest BCUT2D eigenvalue weighted by molar-refractivity contribution is -0.128. The quantitative estimate of drug-likeness (QED) is 0.249. The Balaban J connectivity index is 1.52. The van der Waals surface area contributed by atoms with Crippen molar-refractivity contribution in [3.05, 3.63) is 59.2 Å². The van der Waals surface area contributed by atoms with Crippen LogP contribution in [0.5, 0.6) is 5.75 Å². The van der Waals surface area contributed by atoms with Gasteiger partial charge < -0.3 is 14.5 Å². The van der Waals surface area contributed by atoms with Crippen LogP contribution in [0.1, 0.15) is 22.6 Å². The number of halogens is 5. The summed E-state index contributed by atoms with van der Waals surface area (Å²) < 4.78 is 101. The second kappa shape index (κ2) is 10.6. The first-order valence-electron chi connectivity index (χ1n) is 12.5. The van der Waals surface area contributed by atoms with Crippen LogP contribution in [0, 0.1) is 11.8 Å². The third-order valence-electron chi connectivity index (χ3n) is 6.66. The molecule has 0 aliphatic carbocycles. The first-order valence-corrected chi connectivity index (χ1v) is 14.4. The van der Waals surface area contributed by atoms with Gasteiger partial charge in [0, 0.05) is 30.6 Å². The number of anilines is 1. The van der Waals surface area contributed by atoms with E-state index in [1.54, 1.807) is 7.05 Å². The molecule has 0 saturated heterocycles. The van der Waals surface area contributed by atoms with Crippen LogP contribution in [-0.4, -0.2) is 72.6 Å². The number of fused-ring (bicyclic) bond motifs is 2. The monoisotopic (exact) mass is 608 g/mol. The molecule has 0 fully saturated rings. The summed E-state index contributed by atoms with van der Waals surface area (Å²) in [6.45, 7) is -0.396. The number of sulfone groups is 1. The Morgan fingerprint density at radius 1 is 1.24 bits per heavy atom. The number of methoxy groups -OCH3 is 1. The van der Waals surface area contributed by atoms with Crippen LogP contribution in [0.25, 0.3) is 16.9 Å². The smallest absolute Gasteiger partial charge is 0.394 e. The largest absolute Gasteiger partial charge is 0.495 e. The molecule has 222 valence electrons. The third-order valence-corrected chi connectivity index (χ3v) is 7.77. The van der Waals surface area contributed by atoms with Gasteiger partial charge in [0.05, 0.1) is 59.8 Å². The van der Waals surface area contributed by atoms with Crippen LogP contribution >= 0.6 is 0 Å². The van der Waals surface area contributed by atoms with E-state index in [4.69, 9.17) is 4.74 Å². The lowest BCUT2D eigenvalue weighted by Gasteiger charge is -2.29. The fraction of sp³-hybridized carbons (Fsp3) is 0.333. The second-order valence-corrected chi connectivity index (χ2v) is 11.9. The van der Waals surface area contributed by atoms with E-state index in [9.17, 15) is 21.6 Å². The number of hydrogen-bond donors (Lipinski definition) is 2. The molecule has 0 spiro atoms. The van der Waals surface area contributed by atoms with Crippen molar-refractivity contribution in [2.24, 2.45) is 0 Å². The molecule has 0 saturated carbocycles. The molecule has 0 bridgehead atoms. The van der Waals surface area contributed by atoms with E-state index in [0.29, 0.717) is 5.69 Å². The molecule has 5 rings (SSSR count). The Morgan fingerprint density at radius 2 is 2.00 bits per heavy atom. The minimum atomic E-state index is -4.60. The van der Waals surface area contributed by atoms with Gasteiger partial charge in [-0.05, 0) is 37.2 Å². The van der Waals surface area contributed by atoms with E-state index < -0.39 is 34.9 Å². The molecular weight excluding hydrogens is 583 g/mol. The Kier molecular flexibility index (Phi) is 7.40. The summed E-state index contributed by atoms with van der Waals surface area (Å²) in [6.07, 6.45) is -3.51. The number of aromatic nitrogens is 4. The highest BCUT2D eigenvalue weighted by molar-refractivity contribution is 7.90. The summed E-state index contributed by atoms with van der Waals surface area (Å²) in [5, 5.41) is 9.64. The molecule has 0 radical (unpaired) electrons. The van der Waals surface area contributed by atoms with Gasteiger partial charge in [0.25, 0.3) is 5.92 Å². The van der Waals surface area contributed by atoms with Crippen molar-refractivity contribution < 1.29 is 35.1 Å². The number of aromatic amines is 1. The average Bonchev–Trinajstić information content (AvgIpc) is 3.46. The van der Waals surface area contributed by atoms with Gasteiger partial charge in [-0.2, -0.15) is 27.1 Å². The number of nitrogens with zero attached hydrogens (tertiary/aromatic N) is 4. The van der Waals surface area contributed by atoms with E-state index in [2.05, 4.69) is 32.3 Å². The summed E-state index contributed by atoms with van der Waals surface area (Å²) in [7, 11) is -0.560. The Labute approximate surface area is 237 Å². The fourth-order valence-electron chi connectivity index (χ4n) is 4.90. The molecule has 0 amide bonds. The fourth-order valence-corrected chi connectivity index (χ4v) is 5.53. The predicted molar refractivity (Wildman–Crippen MR) is 144 cm³/mol. The minimum Gasteiger partial charge on any atom is -0.495 e. The van der Waals surface area contributed by atoms with E-state index in [1.807, 2.05) is 0 Å². The zero-order valence-electron chi connectivity index (χ0n) is 22.6. The topological polar surface area (TPSA) is 105 Å². The van der Waals surface area contributed by atoms with Crippen molar-refractivity contribution in [2.75, 3.05) is 38.8 Å². The SMILES string of the molecule is COc1cc(S(C)(=O)=O)ccc1NCC#Cc1nc2c(-c3[nH]nc4c3C(F)(F)CN(C)C4)cccn2c1CC(F)(F)F. The van der Waals surface area contributed by atoms with Crippen molar-refractivity contribution in [1.29, 1.82) is 0 Å². The number of rotatable bonds is 6. The second-order valence-electron chi connectivity index (χ2n) is 9.90. The average molecular weight is 609 g/mol. The van der Waals surface area contributed by atoms with Crippen LogP contribution in [0.2, 0.25) is 0 Å². The minimum absolute atomic E-state index is 0.0110. The predicted octanol–water partition coefficient (Wildman–Crippen LogP) is 4.24. The van der Waals surface area contributed by atoms with Gasteiger partial charge in [-0.15, -0.1) is 0 Å². The number of hydrogen-bond acceptors (Lipinski definition) is 7. The van der Waals surface area contributed by atoms with Crippen molar-refractivity contribution in [1.82, 2.24) is 24.5 Å². The number of benzene rings is 1. The number of pyridine rings is 1. The maximum atomic E-state index is 15.1. The maximum absolute atomic E-state index is 15.1. The van der Waals surface area contributed by atoms with E-state index >= 15 is 8.78 Å². The highest BCUT2D eigenvalue weighted by Crippen LogP contribution is 2.42. The molecule has 2 N–H and O–H groups in total. The van der Waals surface area contributed by atoms with Crippen molar-refractivity contribution >= 4 is 21.2 Å². The molecule has 9 nitrogen and oxygen atoms in total. The van der Waals surface area contributed by atoms with Gasteiger partial charge in [0.15, 0.2) is 9.84 Å². The van der Waals surface area contributed by atoms with Gasteiger partial charge >= 0.3 is 6.18 Å². The summed E-state index contributed by atoms with van der Waals surface area (Å²) >= 11 is 0. The Hall–Kier alpha value is -4.16. The van der Waals surface area contributed by atoms with E-state index in [-0.39, 0.29) is 63.3 Å². The highest BCUT2D eigenvalue weighted by atomic mass is 32.2. The zero-order chi connectivity index (χ0) is 30.4. The molecule has 42 heavy (non-hydrogen) atoms. The lowest BCUT2D eigenvalue weighted by atomic mass is 9.97. The van der Waals surface area contributed by atoms with Gasteiger partial charge in [0.2, 0.25) is 0 Å². The summed E-state index contributed by atoms with van der Waals surface area (Å²) in [6, 6.07) is 7.16. The van der Waals surface area contributed by atoms with Crippen LogP contribution in [-0.2, 0) is 28.7 Å². The molecule has 1 aliphatic rings. The van der Waals surface area contributed by atoms with Gasteiger partial charge in [-0.25, -0.2) is 13.4 Å². The van der Waals surface area contributed by atoms with Crippen LogP contribution < -0.4 is 10.1 Å². The lowest BCUT2D eigenvalue weighted by Crippen LogP contribution is -2.38. The van der Waals surface area contributed by atoms with Gasteiger partial charge in [0.1, 0.15) is 17.1 Å². The Morgan fingerprint density at radius 3 is 2.69 bits per heavy atom. The number of likely N-dealkylation sites (N-methyl/N-ethyl adjacent to an activating group) is 1. The summed E-state index contributed by atoms with van der Waals surface area (Å²) in [5.41, 5.74) is 0.0305. The van der Waals surface area contributed by atoms with Crippen LogP contribution in [0.4, 0.5) is 27.6 Å². The number of ether oxygens (including phenoxy) is 1. The van der Waals surface area contributed by atoms with Gasteiger partial charge in [-0.1, -0.05) is 5.92 Å². The molecule has 4 aromatic rings. The van der Waals surface area contributed by atoms with Crippen molar-refractivity contribution in [3.8, 4) is 28.8 Å². The first kappa shape index (κ1) is 29.3. The zero-order valence-corrected chi connectivity index (χ0v) is 23.4. The number of nitrogens with one attached hydrogen (secondary N) is 2. The maximum Gasteiger partial charge on any atom is 0.394 e. The standard InChI is InChI=1S/C27H25F5N6O3S/c1-37-14-20-23(26(28,29)15-37)24(36-35-20)17-6-5-11-38-21(13-27(30,31)32)18(34-25(17)38)7-4-10-33-19-9-8-16(42(3,39)40)12-22(19)41-2/h5-6,8-9,11-12,33H,10,13-15H2,1-3H3,(H,35,36). The van der Waals surface area contributed by atoms with Crippen molar-refractivity contribution in [3.63, 3.8) is 0 Å². The molecule has 0 unspecified atom stereocenters.